The highest BCUT2D eigenvalue weighted by Crippen LogP contribution is 2.41. The van der Waals surface area contributed by atoms with Crippen molar-refractivity contribution in [2.45, 2.75) is 69.2 Å². The Morgan fingerprint density at radius 3 is 2.49 bits per heavy atom. The van der Waals surface area contributed by atoms with Gasteiger partial charge in [-0.05, 0) is 60.1 Å². The summed E-state index contributed by atoms with van der Waals surface area (Å²) in [5.74, 6) is -0.165. The van der Waals surface area contributed by atoms with E-state index in [4.69, 9.17) is 10.6 Å². The highest BCUT2D eigenvalue weighted by atomic mass is 19.4. The van der Waals surface area contributed by atoms with E-state index in [-0.39, 0.29) is 25.0 Å². The van der Waals surface area contributed by atoms with Gasteiger partial charge in [0.05, 0.1) is 17.7 Å². The molecule has 1 saturated heterocycles. The third kappa shape index (κ3) is 6.90. The van der Waals surface area contributed by atoms with E-state index in [1.54, 1.807) is 35.4 Å². The summed E-state index contributed by atoms with van der Waals surface area (Å²) in [7, 11) is 0. The van der Waals surface area contributed by atoms with Crippen molar-refractivity contribution in [3.05, 3.63) is 70.3 Å². The number of carbonyl (C=O) groups is 1. The van der Waals surface area contributed by atoms with E-state index in [9.17, 15) is 23.1 Å². The lowest BCUT2D eigenvalue weighted by atomic mass is 9.81. The van der Waals surface area contributed by atoms with Crippen molar-refractivity contribution < 1.29 is 27.9 Å². The van der Waals surface area contributed by atoms with Gasteiger partial charge in [-0.2, -0.15) is 13.2 Å². The Morgan fingerprint density at radius 1 is 1.14 bits per heavy atom. The van der Waals surface area contributed by atoms with E-state index >= 15 is 0 Å². The van der Waals surface area contributed by atoms with Crippen LogP contribution in [0.2, 0.25) is 0 Å². The van der Waals surface area contributed by atoms with Crippen molar-refractivity contribution in [2.24, 2.45) is 10.9 Å². The number of aliphatic hydroxyl groups is 1. The minimum absolute atomic E-state index is 0.0369. The Kier molecular flexibility index (Phi) is 8.54. The summed E-state index contributed by atoms with van der Waals surface area (Å²) in [4.78, 5) is 19.6. The molecule has 200 valence electrons. The van der Waals surface area contributed by atoms with Crippen molar-refractivity contribution in [3.8, 4) is 0 Å². The molecule has 0 unspecified atom stereocenters. The zero-order valence-electron chi connectivity index (χ0n) is 20.8. The first kappa shape index (κ1) is 27.1. The van der Waals surface area contributed by atoms with Crippen LogP contribution in [0.25, 0.3) is 0 Å². The molecule has 1 aliphatic heterocycles. The second kappa shape index (κ2) is 11.6. The predicted molar refractivity (Wildman–Crippen MR) is 135 cm³/mol. The lowest BCUT2D eigenvalue weighted by molar-refractivity contribution is -0.138. The zero-order valence-corrected chi connectivity index (χ0v) is 20.8. The van der Waals surface area contributed by atoms with Crippen LogP contribution in [0.15, 0.2) is 47.6 Å². The average Bonchev–Trinajstić information content (AvgIpc) is 3.31. The molecule has 6 nitrogen and oxygen atoms in total. The van der Waals surface area contributed by atoms with E-state index in [0.29, 0.717) is 42.6 Å². The van der Waals surface area contributed by atoms with Crippen molar-refractivity contribution in [1.29, 1.82) is 0 Å². The Morgan fingerprint density at radius 2 is 1.84 bits per heavy atom. The topological polar surface area (TPSA) is 88.2 Å². The van der Waals surface area contributed by atoms with Gasteiger partial charge in [0, 0.05) is 31.3 Å². The van der Waals surface area contributed by atoms with E-state index in [1.165, 1.54) is 6.07 Å². The maximum atomic E-state index is 13.7. The molecule has 2 aliphatic rings. The smallest absolute Gasteiger partial charge is 0.394 e. The van der Waals surface area contributed by atoms with E-state index in [0.717, 1.165) is 37.7 Å². The first-order chi connectivity index (χ1) is 17.7. The number of alkyl halides is 3. The molecule has 3 N–H and O–H groups in total. The Labute approximate surface area is 215 Å². The minimum Gasteiger partial charge on any atom is -0.394 e. The summed E-state index contributed by atoms with van der Waals surface area (Å²) in [5, 5.41) is 13.3. The quantitative estimate of drug-likeness (QED) is 0.380. The van der Waals surface area contributed by atoms with Gasteiger partial charge in [0.2, 0.25) is 0 Å². The number of nitrogens with two attached hydrogens (primary N) is 1. The molecule has 37 heavy (non-hydrogen) atoms. The molecule has 0 aromatic heterocycles. The minimum atomic E-state index is -4.40. The number of oxime groups is 1. The normalized spacial score (nSPS) is 21.1. The number of likely N-dealkylation sites (tertiary alicyclic amines) is 1. The van der Waals surface area contributed by atoms with Crippen LogP contribution in [-0.2, 0) is 24.0 Å². The van der Waals surface area contributed by atoms with Crippen molar-refractivity contribution >= 4 is 12.1 Å². The number of halogens is 3. The van der Waals surface area contributed by atoms with Crippen molar-refractivity contribution in [3.63, 3.8) is 0 Å². The Balaban J connectivity index is 1.29. The van der Waals surface area contributed by atoms with Crippen LogP contribution in [0.1, 0.15) is 77.1 Å². The SMILES string of the molecule is N[C@@]1(CO)CCN(C(=O)c2ccc(CC=NOCc3ccc(C4CCCCC4)c(C(F)(F)F)c3)cc2)C1. The van der Waals surface area contributed by atoms with Crippen LogP contribution in [0.4, 0.5) is 13.2 Å². The average molecular weight is 518 g/mol. The molecule has 1 saturated carbocycles. The number of aliphatic hydroxyl groups excluding tert-OH is 1. The van der Waals surface area contributed by atoms with E-state index in [2.05, 4.69) is 5.16 Å². The second-order valence-electron chi connectivity index (χ2n) is 10.2. The summed E-state index contributed by atoms with van der Waals surface area (Å²) in [5.41, 5.74) is 7.01. The summed E-state index contributed by atoms with van der Waals surface area (Å²) in [6, 6.07) is 11.6. The number of rotatable bonds is 8. The Bertz CT molecular complexity index is 1100. The van der Waals surface area contributed by atoms with Crippen molar-refractivity contribution in [1.82, 2.24) is 4.90 Å². The highest BCUT2D eigenvalue weighted by Gasteiger charge is 2.37. The van der Waals surface area contributed by atoms with Crippen LogP contribution in [0, 0.1) is 0 Å². The second-order valence-corrected chi connectivity index (χ2v) is 10.2. The number of nitrogens with zero attached hydrogens (tertiary/aromatic N) is 2. The molecule has 2 aromatic carbocycles. The first-order valence-electron chi connectivity index (χ1n) is 12.8. The molecule has 4 rings (SSSR count). The Hall–Kier alpha value is -2.91. The third-order valence-corrected chi connectivity index (χ3v) is 7.36. The van der Waals surface area contributed by atoms with Crippen LogP contribution in [-0.4, -0.2) is 47.4 Å². The largest absolute Gasteiger partial charge is 0.416 e. The van der Waals surface area contributed by atoms with Gasteiger partial charge in [-0.3, -0.25) is 4.79 Å². The monoisotopic (exact) mass is 517 g/mol. The fourth-order valence-corrected chi connectivity index (χ4v) is 5.18. The van der Waals surface area contributed by atoms with Gasteiger partial charge in [-0.25, -0.2) is 0 Å². The van der Waals surface area contributed by atoms with Gasteiger partial charge < -0.3 is 20.6 Å². The standard InChI is InChI=1S/C28H34F3N3O3/c29-28(30,31)25-16-21(8-11-24(25)22-4-2-1-3-5-22)17-37-33-14-12-20-6-9-23(10-7-20)26(36)34-15-13-27(32,18-34)19-35/h6-11,14,16,22,35H,1-5,12-13,15,17-19,32H2/t27-/m0/s1. The molecule has 1 heterocycles. The number of carbonyl (C=O) groups excluding carboxylic acids is 1. The molecule has 0 bridgehead atoms. The molecule has 1 atom stereocenters. The zero-order chi connectivity index (χ0) is 26.5. The van der Waals surface area contributed by atoms with Crippen molar-refractivity contribution in [2.75, 3.05) is 19.7 Å². The number of benzene rings is 2. The lowest BCUT2D eigenvalue weighted by Crippen LogP contribution is -2.46. The van der Waals surface area contributed by atoms with Crippen LogP contribution in [0.5, 0.6) is 0 Å². The van der Waals surface area contributed by atoms with Crippen LogP contribution in [0.3, 0.4) is 0 Å². The summed E-state index contributed by atoms with van der Waals surface area (Å²) < 4.78 is 41.2. The van der Waals surface area contributed by atoms with E-state index in [1.807, 2.05) is 12.1 Å². The van der Waals surface area contributed by atoms with Gasteiger partial charge >= 0.3 is 6.18 Å². The van der Waals surface area contributed by atoms with Gasteiger partial charge in [-0.1, -0.05) is 48.7 Å². The van der Waals surface area contributed by atoms with Crippen LogP contribution < -0.4 is 5.73 Å². The predicted octanol–water partition coefficient (Wildman–Crippen LogP) is 5.03. The number of hydrogen-bond donors (Lipinski definition) is 2. The lowest BCUT2D eigenvalue weighted by Gasteiger charge is -2.25. The molecule has 1 amide bonds. The summed E-state index contributed by atoms with van der Waals surface area (Å²) >= 11 is 0. The van der Waals surface area contributed by atoms with Crippen LogP contribution >= 0.6 is 0 Å². The van der Waals surface area contributed by atoms with Gasteiger partial charge in [0.1, 0.15) is 6.61 Å². The molecule has 9 heteroatoms. The number of amides is 1. The number of hydrogen-bond acceptors (Lipinski definition) is 5. The van der Waals surface area contributed by atoms with Gasteiger partial charge in [0.15, 0.2) is 0 Å². The molecule has 0 spiro atoms. The molecule has 1 aliphatic carbocycles. The highest BCUT2D eigenvalue weighted by molar-refractivity contribution is 5.94. The maximum Gasteiger partial charge on any atom is 0.416 e. The fourth-order valence-electron chi connectivity index (χ4n) is 5.18. The molecular formula is C28H34F3N3O3. The molecule has 2 aromatic rings. The van der Waals surface area contributed by atoms with Gasteiger partial charge in [-0.15, -0.1) is 0 Å². The van der Waals surface area contributed by atoms with E-state index < -0.39 is 17.3 Å². The fraction of sp³-hybridized carbons (Fsp3) is 0.500. The molecular weight excluding hydrogens is 483 g/mol. The van der Waals surface area contributed by atoms with Gasteiger partial charge in [0.25, 0.3) is 5.91 Å². The third-order valence-electron chi connectivity index (χ3n) is 7.36. The summed E-state index contributed by atoms with van der Waals surface area (Å²) in [6.07, 6.45) is 2.78. The maximum absolute atomic E-state index is 13.7. The first-order valence-corrected chi connectivity index (χ1v) is 12.8. The molecule has 0 radical (unpaired) electrons. The molecule has 2 fully saturated rings. The summed E-state index contributed by atoms with van der Waals surface area (Å²) in [6.45, 7) is 0.619.